The zero-order chi connectivity index (χ0) is 21.0. The summed E-state index contributed by atoms with van der Waals surface area (Å²) in [6, 6.07) is -0.449. The monoisotopic (exact) mass is 405 g/mol. The quantitative estimate of drug-likeness (QED) is 0.667. The summed E-state index contributed by atoms with van der Waals surface area (Å²) in [5, 5.41) is 7.07. The number of aromatic nitrogens is 2. The molecule has 1 aromatic heterocycles. The molecule has 0 aliphatic carbocycles. The van der Waals surface area contributed by atoms with Crippen molar-refractivity contribution >= 4 is 17.7 Å². The van der Waals surface area contributed by atoms with Crippen LogP contribution in [0, 0.1) is 5.41 Å². The first-order valence-electron chi connectivity index (χ1n) is 10.3. The third-order valence-electron chi connectivity index (χ3n) is 6.16. The number of nitrogens with one attached hydrogen (secondary N) is 1. The van der Waals surface area contributed by atoms with Crippen molar-refractivity contribution in [3.63, 3.8) is 0 Å². The second kappa shape index (κ2) is 8.94. The Bertz CT molecular complexity index is 754. The van der Waals surface area contributed by atoms with Crippen LogP contribution in [0.1, 0.15) is 43.0 Å². The zero-order valence-corrected chi connectivity index (χ0v) is 17.5. The molecule has 1 spiro atoms. The van der Waals surface area contributed by atoms with Crippen molar-refractivity contribution in [3.05, 3.63) is 18.0 Å². The SMILES string of the molecule is CCn1cc(C(=O)N2CCC3(CC2)CC(C(=O)NCCCOC)N(C)C3=O)cn1. The Morgan fingerprint density at radius 3 is 2.69 bits per heavy atom. The molecule has 0 aromatic carbocycles. The number of hydrogen-bond acceptors (Lipinski definition) is 5. The van der Waals surface area contributed by atoms with Gasteiger partial charge in [-0.3, -0.25) is 19.1 Å². The summed E-state index contributed by atoms with van der Waals surface area (Å²) >= 11 is 0. The lowest BCUT2D eigenvalue weighted by Crippen LogP contribution is -2.46. The van der Waals surface area contributed by atoms with Crippen LogP contribution in [0.5, 0.6) is 0 Å². The van der Waals surface area contributed by atoms with E-state index in [0.29, 0.717) is 57.6 Å². The molecule has 3 amide bonds. The molecule has 9 heteroatoms. The minimum atomic E-state index is -0.548. The van der Waals surface area contributed by atoms with Gasteiger partial charge in [-0.15, -0.1) is 0 Å². The number of methoxy groups -OCH3 is 1. The molecule has 160 valence electrons. The van der Waals surface area contributed by atoms with Gasteiger partial charge in [-0.25, -0.2) is 0 Å². The van der Waals surface area contributed by atoms with Crippen molar-refractivity contribution in [1.82, 2.24) is 24.9 Å². The van der Waals surface area contributed by atoms with Crippen molar-refractivity contribution < 1.29 is 19.1 Å². The number of rotatable bonds is 7. The summed E-state index contributed by atoms with van der Waals surface area (Å²) in [5.41, 5.74) is 0.0270. The maximum Gasteiger partial charge on any atom is 0.257 e. The Morgan fingerprint density at radius 1 is 1.34 bits per heavy atom. The van der Waals surface area contributed by atoms with Crippen LogP contribution in [0.4, 0.5) is 0 Å². The second-order valence-corrected chi connectivity index (χ2v) is 7.93. The lowest BCUT2D eigenvalue weighted by Gasteiger charge is -2.37. The van der Waals surface area contributed by atoms with Crippen molar-refractivity contribution in [1.29, 1.82) is 0 Å². The molecule has 29 heavy (non-hydrogen) atoms. The molecule has 9 nitrogen and oxygen atoms in total. The lowest BCUT2D eigenvalue weighted by atomic mass is 9.76. The average molecular weight is 405 g/mol. The molecule has 1 atom stereocenters. The molecule has 0 radical (unpaired) electrons. The van der Waals surface area contributed by atoms with E-state index in [4.69, 9.17) is 4.74 Å². The minimum Gasteiger partial charge on any atom is -0.385 e. The molecule has 3 rings (SSSR count). The normalized spacial score (nSPS) is 21.1. The van der Waals surface area contributed by atoms with Crippen molar-refractivity contribution in [2.24, 2.45) is 5.41 Å². The maximum absolute atomic E-state index is 13.0. The van der Waals surface area contributed by atoms with Gasteiger partial charge < -0.3 is 19.9 Å². The minimum absolute atomic E-state index is 0.0143. The number of carbonyl (C=O) groups excluding carboxylic acids is 3. The zero-order valence-electron chi connectivity index (χ0n) is 17.5. The van der Waals surface area contributed by atoms with Gasteiger partial charge in [0.1, 0.15) is 6.04 Å². The topological polar surface area (TPSA) is 96.8 Å². The standard InChI is InChI=1S/C20H31N5O4/c1-4-25-14-15(13-22-25)18(27)24-9-6-20(7-10-24)12-16(23(2)19(20)28)17(26)21-8-5-11-29-3/h13-14,16H,4-12H2,1-3H3,(H,21,26). The van der Waals surface area contributed by atoms with Gasteiger partial charge >= 0.3 is 0 Å². The Labute approximate surface area is 171 Å². The molecule has 1 aromatic rings. The van der Waals surface area contributed by atoms with Gasteiger partial charge in [-0.2, -0.15) is 5.10 Å². The summed E-state index contributed by atoms with van der Waals surface area (Å²) in [6.45, 7) is 4.83. The van der Waals surface area contributed by atoms with Crippen LogP contribution in [0.2, 0.25) is 0 Å². The highest BCUT2D eigenvalue weighted by Gasteiger charge is 2.53. The molecule has 1 N–H and O–H groups in total. The number of aryl methyl sites for hydroxylation is 1. The van der Waals surface area contributed by atoms with Crippen LogP contribution in [0.3, 0.4) is 0 Å². The number of nitrogens with zero attached hydrogens (tertiary/aromatic N) is 4. The summed E-state index contributed by atoms with van der Waals surface area (Å²) in [7, 11) is 3.33. The van der Waals surface area contributed by atoms with Crippen LogP contribution in [0.15, 0.2) is 12.4 Å². The van der Waals surface area contributed by atoms with E-state index in [1.54, 1.807) is 41.0 Å². The largest absolute Gasteiger partial charge is 0.385 e. The van der Waals surface area contributed by atoms with Gasteiger partial charge in [0.25, 0.3) is 5.91 Å². The molecular weight excluding hydrogens is 374 g/mol. The Morgan fingerprint density at radius 2 is 2.07 bits per heavy atom. The summed E-state index contributed by atoms with van der Waals surface area (Å²) in [5.74, 6) is -0.148. The highest BCUT2D eigenvalue weighted by atomic mass is 16.5. The van der Waals surface area contributed by atoms with E-state index in [1.807, 2.05) is 6.92 Å². The predicted molar refractivity (Wildman–Crippen MR) is 106 cm³/mol. The van der Waals surface area contributed by atoms with Crippen molar-refractivity contribution in [2.75, 3.05) is 40.4 Å². The van der Waals surface area contributed by atoms with Crippen LogP contribution < -0.4 is 5.32 Å². The van der Waals surface area contributed by atoms with Gasteiger partial charge in [-0.1, -0.05) is 0 Å². The molecule has 2 fully saturated rings. The first kappa shape index (κ1) is 21.3. The fourth-order valence-electron chi connectivity index (χ4n) is 4.31. The second-order valence-electron chi connectivity index (χ2n) is 7.93. The highest BCUT2D eigenvalue weighted by molar-refractivity contribution is 5.95. The molecule has 2 saturated heterocycles. The first-order chi connectivity index (χ1) is 13.9. The molecule has 1 unspecified atom stereocenters. The Balaban J connectivity index is 1.58. The predicted octanol–water partition coefficient (Wildman–Crippen LogP) is 0.509. The van der Waals surface area contributed by atoms with Gasteiger partial charge in [0.05, 0.1) is 17.2 Å². The smallest absolute Gasteiger partial charge is 0.257 e. The summed E-state index contributed by atoms with van der Waals surface area (Å²) < 4.78 is 6.72. The van der Waals surface area contributed by atoms with E-state index < -0.39 is 11.5 Å². The number of piperidine rings is 1. The molecular formula is C20H31N5O4. The number of hydrogen-bond donors (Lipinski definition) is 1. The van der Waals surface area contributed by atoms with E-state index in [2.05, 4.69) is 10.4 Å². The molecule has 2 aliphatic heterocycles. The van der Waals surface area contributed by atoms with Crippen molar-refractivity contribution in [2.45, 2.75) is 45.2 Å². The van der Waals surface area contributed by atoms with Crippen LogP contribution in [0.25, 0.3) is 0 Å². The van der Waals surface area contributed by atoms with Crippen molar-refractivity contribution in [3.8, 4) is 0 Å². The number of likely N-dealkylation sites (tertiary alicyclic amines) is 2. The van der Waals surface area contributed by atoms with Gasteiger partial charge in [0.2, 0.25) is 11.8 Å². The van der Waals surface area contributed by atoms with Gasteiger partial charge in [0.15, 0.2) is 0 Å². The van der Waals surface area contributed by atoms with Crippen LogP contribution in [-0.4, -0.2) is 83.7 Å². The molecule has 3 heterocycles. The number of amides is 3. The molecule has 0 saturated carbocycles. The van der Waals surface area contributed by atoms with E-state index in [-0.39, 0.29) is 17.7 Å². The van der Waals surface area contributed by atoms with E-state index in [0.717, 1.165) is 6.42 Å². The summed E-state index contributed by atoms with van der Waals surface area (Å²) in [6.07, 6.45) is 5.76. The molecule has 0 bridgehead atoms. The number of carbonyl (C=O) groups is 3. The fraction of sp³-hybridized carbons (Fsp3) is 0.700. The third-order valence-corrected chi connectivity index (χ3v) is 6.16. The van der Waals surface area contributed by atoms with Gasteiger partial charge in [0, 0.05) is 53.1 Å². The summed E-state index contributed by atoms with van der Waals surface area (Å²) in [4.78, 5) is 41.6. The third kappa shape index (κ3) is 4.29. The maximum atomic E-state index is 13.0. The van der Waals surface area contributed by atoms with Crippen LogP contribution >= 0.6 is 0 Å². The number of ether oxygens (including phenoxy) is 1. The van der Waals surface area contributed by atoms with E-state index >= 15 is 0 Å². The lowest BCUT2D eigenvalue weighted by molar-refractivity contribution is -0.139. The van der Waals surface area contributed by atoms with E-state index in [9.17, 15) is 14.4 Å². The van der Waals surface area contributed by atoms with Gasteiger partial charge in [-0.05, 0) is 32.6 Å². The van der Waals surface area contributed by atoms with Crippen LogP contribution in [-0.2, 0) is 20.9 Å². The highest BCUT2D eigenvalue weighted by Crippen LogP contribution is 2.44. The average Bonchev–Trinajstić information content (AvgIpc) is 3.31. The fourth-order valence-corrected chi connectivity index (χ4v) is 4.31. The molecule has 2 aliphatic rings. The number of likely N-dealkylation sites (N-methyl/N-ethyl adjacent to an activating group) is 1. The Hall–Kier alpha value is -2.42. The van der Waals surface area contributed by atoms with E-state index in [1.165, 1.54) is 0 Å². The first-order valence-corrected chi connectivity index (χ1v) is 10.3. The Kier molecular flexibility index (Phi) is 6.56.